The number of amides is 1. The Hall–Kier alpha value is -3.32. The van der Waals surface area contributed by atoms with E-state index in [9.17, 15) is 9.59 Å². The second kappa shape index (κ2) is 13.1. The Labute approximate surface area is 215 Å². The number of hydrogen-bond donors (Lipinski definition) is 3. The molecule has 36 heavy (non-hydrogen) atoms. The van der Waals surface area contributed by atoms with E-state index in [0.29, 0.717) is 19.0 Å². The maximum atomic E-state index is 12.2. The van der Waals surface area contributed by atoms with Crippen molar-refractivity contribution in [3.05, 3.63) is 60.3 Å². The normalized spacial score (nSPS) is 14.6. The summed E-state index contributed by atoms with van der Waals surface area (Å²) in [4.78, 5) is 22.8. The van der Waals surface area contributed by atoms with Crippen molar-refractivity contribution in [2.75, 3.05) is 25.0 Å². The Morgan fingerprint density at radius 1 is 1.11 bits per heavy atom. The predicted molar refractivity (Wildman–Crippen MR) is 149 cm³/mol. The van der Waals surface area contributed by atoms with E-state index in [1.165, 1.54) is 6.42 Å². The minimum atomic E-state index is -0.659. The smallest absolute Gasteiger partial charge is 0.240 e. The van der Waals surface area contributed by atoms with Crippen LogP contribution >= 0.6 is 0 Å². The molecule has 1 heterocycles. The van der Waals surface area contributed by atoms with Crippen molar-refractivity contribution in [2.24, 2.45) is 18.7 Å². The molecule has 7 nitrogen and oxygen atoms in total. The second-order valence-electron chi connectivity index (χ2n) is 9.93. The van der Waals surface area contributed by atoms with Crippen LogP contribution in [0.2, 0.25) is 0 Å². The van der Waals surface area contributed by atoms with Crippen LogP contribution in [-0.2, 0) is 11.8 Å². The summed E-state index contributed by atoms with van der Waals surface area (Å²) in [6.07, 6.45) is 5.75. The highest BCUT2D eigenvalue weighted by Crippen LogP contribution is 2.26. The number of aryl methyl sites for hydroxylation is 1. The van der Waals surface area contributed by atoms with E-state index in [-0.39, 0.29) is 7.33 Å². The maximum absolute atomic E-state index is 12.2. The molecule has 1 aromatic heterocycles. The molecule has 2 aromatic carbocycles. The fourth-order valence-corrected chi connectivity index (χ4v) is 4.32. The number of anilines is 1. The largest absolute Gasteiger partial charge is 0.493 e. The standard InChI is InChI=1S/C19H31N3O2.C10H9NO.H2/c1-15(2)14-24-17-8-6-16(7-9-17)21-12-13-22-18(23)19(20)10-4-3-5-11-19;1-11-9(7-12)6-8-4-2-3-5-10(8)11;/h6-9,15,21H,3-5,10-14,20H2,1-2H3,(H,22,23);2-7H,1H3;1H. The molecule has 0 bridgehead atoms. The molecule has 0 saturated heterocycles. The molecule has 1 saturated carbocycles. The van der Waals surface area contributed by atoms with Gasteiger partial charge in [-0.05, 0) is 55.2 Å². The molecular formula is C29H42N4O3. The van der Waals surface area contributed by atoms with Gasteiger partial charge < -0.3 is 25.7 Å². The first-order valence-electron chi connectivity index (χ1n) is 12.9. The monoisotopic (exact) mass is 494 g/mol. The van der Waals surface area contributed by atoms with Gasteiger partial charge in [0, 0.05) is 38.2 Å². The van der Waals surface area contributed by atoms with Crippen molar-refractivity contribution < 1.29 is 15.8 Å². The molecular weight excluding hydrogens is 452 g/mol. The number of fused-ring (bicyclic) bond motifs is 1. The van der Waals surface area contributed by atoms with Gasteiger partial charge in [0.25, 0.3) is 0 Å². The number of hydrogen-bond acceptors (Lipinski definition) is 5. The van der Waals surface area contributed by atoms with Crippen LogP contribution in [0.15, 0.2) is 54.6 Å². The summed E-state index contributed by atoms with van der Waals surface area (Å²) in [5.74, 6) is 1.38. The molecule has 0 spiro atoms. The molecule has 0 unspecified atom stereocenters. The van der Waals surface area contributed by atoms with E-state index in [1.54, 1.807) is 0 Å². The summed E-state index contributed by atoms with van der Waals surface area (Å²) in [6, 6.07) is 17.7. The van der Waals surface area contributed by atoms with Crippen molar-refractivity contribution in [3.8, 4) is 5.75 Å². The molecule has 1 amide bonds. The molecule has 3 aromatic rings. The third kappa shape index (κ3) is 7.59. The predicted octanol–water partition coefficient (Wildman–Crippen LogP) is 5.15. The van der Waals surface area contributed by atoms with Crippen LogP contribution in [0.1, 0.15) is 57.9 Å². The van der Waals surface area contributed by atoms with Crippen LogP contribution < -0.4 is 21.1 Å². The summed E-state index contributed by atoms with van der Waals surface area (Å²) < 4.78 is 7.55. The lowest BCUT2D eigenvalue weighted by Gasteiger charge is -2.31. The third-order valence-corrected chi connectivity index (χ3v) is 6.48. The average Bonchev–Trinajstić information content (AvgIpc) is 3.22. The molecule has 0 aliphatic heterocycles. The summed E-state index contributed by atoms with van der Waals surface area (Å²) in [5.41, 5.74) is 8.39. The second-order valence-corrected chi connectivity index (χ2v) is 9.93. The van der Waals surface area contributed by atoms with E-state index >= 15 is 0 Å². The van der Waals surface area contributed by atoms with Gasteiger partial charge in [-0.1, -0.05) is 51.3 Å². The van der Waals surface area contributed by atoms with Gasteiger partial charge in [0.2, 0.25) is 5.91 Å². The SMILES string of the molecule is CC(C)COc1ccc(NCCNC(=O)C2(N)CCCCC2)cc1.Cn1c(C=O)cc2ccccc21.[HH]. The molecule has 0 atom stereocenters. The number of nitrogens with one attached hydrogen (secondary N) is 2. The van der Waals surface area contributed by atoms with E-state index in [4.69, 9.17) is 10.5 Å². The third-order valence-electron chi connectivity index (χ3n) is 6.48. The number of nitrogens with two attached hydrogens (primary N) is 1. The van der Waals surface area contributed by atoms with Crippen LogP contribution in [-0.4, -0.2) is 42.0 Å². The van der Waals surface area contributed by atoms with E-state index in [1.807, 2.05) is 66.2 Å². The summed E-state index contributed by atoms with van der Waals surface area (Å²) in [7, 11) is 1.89. The van der Waals surface area contributed by atoms with Crippen molar-refractivity contribution in [3.63, 3.8) is 0 Å². The fraction of sp³-hybridized carbons (Fsp3) is 0.448. The van der Waals surface area contributed by atoms with Crippen LogP contribution in [0.4, 0.5) is 5.69 Å². The Morgan fingerprint density at radius 3 is 2.44 bits per heavy atom. The average molecular weight is 495 g/mol. The molecule has 196 valence electrons. The van der Waals surface area contributed by atoms with E-state index in [0.717, 1.165) is 66.6 Å². The zero-order valence-electron chi connectivity index (χ0n) is 21.8. The minimum absolute atomic E-state index is 0. The number of nitrogens with zero attached hydrogens (tertiary/aromatic N) is 1. The van der Waals surface area contributed by atoms with Gasteiger partial charge in [-0.15, -0.1) is 0 Å². The highest BCUT2D eigenvalue weighted by atomic mass is 16.5. The van der Waals surface area contributed by atoms with Gasteiger partial charge in [-0.2, -0.15) is 0 Å². The number of benzene rings is 2. The maximum Gasteiger partial charge on any atom is 0.240 e. The van der Waals surface area contributed by atoms with E-state index in [2.05, 4.69) is 24.5 Å². The lowest BCUT2D eigenvalue weighted by atomic mass is 9.82. The quantitative estimate of drug-likeness (QED) is 0.282. The summed E-state index contributed by atoms with van der Waals surface area (Å²) in [5, 5.41) is 7.37. The Morgan fingerprint density at radius 2 is 1.81 bits per heavy atom. The molecule has 1 aliphatic carbocycles. The number of ether oxygens (including phenoxy) is 1. The first-order valence-corrected chi connectivity index (χ1v) is 12.9. The van der Waals surface area contributed by atoms with Gasteiger partial charge in [0.05, 0.1) is 17.8 Å². The Balaban J connectivity index is 0.000000309. The molecule has 1 fully saturated rings. The Bertz CT molecular complexity index is 1120. The van der Waals surface area contributed by atoms with E-state index < -0.39 is 5.54 Å². The first-order chi connectivity index (χ1) is 17.3. The van der Waals surface area contributed by atoms with Crippen molar-refractivity contribution in [1.29, 1.82) is 0 Å². The van der Waals surface area contributed by atoms with Gasteiger partial charge in [-0.3, -0.25) is 9.59 Å². The summed E-state index contributed by atoms with van der Waals surface area (Å²) in [6.45, 7) is 6.23. The van der Waals surface area contributed by atoms with Gasteiger partial charge in [-0.25, -0.2) is 0 Å². The zero-order chi connectivity index (χ0) is 26.0. The molecule has 4 rings (SSSR count). The van der Waals surface area contributed by atoms with Crippen LogP contribution in [0.5, 0.6) is 5.75 Å². The zero-order valence-corrected chi connectivity index (χ0v) is 21.8. The summed E-state index contributed by atoms with van der Waals surface area (Å²) >= 11 is 0. The number of aldehydes is 1. The molecule has 7 heteroatoms. The minimum Gasteiger partial charge on any atom is -0.493 e. The number of para-hydroxylation sites is 1. The number of rotatable bonds is 9. The van der Waals surface area contributed by atoms with Crippen molar-refractivity contribution in [2.45, 2.75) is 51.5 Å². The van der Waals surface area contributed by atoms with Gasteiger partial charge in [0.15, 0.2) is 6.29 Å². The van der Waals surface area contributed by atoms with Crippen LogP contribution in [0.3, 0.4) is 0 Å². The van der Waals surface area contributed by atoms with Crippen molar-refractivity contribution in [1.82, 2.24) is 9.88 Å². The topological polar surface area (TPSA) is 98.4 Å². The fourth-order valence-electron chi connectivity index (χ4n) is 4.32. The Kier molecular flexibility index (Phi) is 9.94. The molecule has 1 aliphatic rings. The van der Waals surface area contributed by atoms with Gasteiger partial charge in [0.1, 0.15) is 5.75 Å². The molecule has 4 N–H and O–H groups in total. The number of carbonyl (C=O) groups is 2. The van der Waals surface area contributed by atoms with Crippen LogP contribution in [0.25, 0.3) is 10.9 Å². The van der Waals surface area contributed by atoms with Gasteiger partial charge >= 0.3 is 0 Å². The lowest BCUT2D eigenvalue weighted by Crippen LogP contribution is -2.55. The lowest BCUT2D eigenvalue weighted by molar-refractivity contribution is -0.127. The van der Waals surface area contributed by atoms with Crippen LogP contribution in [0, 0.1) is 5.92 Å². The number of carbonyl (C=O) groups excluding carboxylic acids is 2. The van der Waals surface area contributed by atoms with Crippen molar-refractivity contribution >= 4 is 28.8 Å². The highest BCUT2D eigenvalue weighted by molar-refractivity contribution is 5.88. The molecule has 0 radical (unpaired) electrons. The highest BCUT2D eigenvalue weighted by Gasteiger charge is 2.34. The number of aromatic nitrogens is 1. The first kappa shape index (κ1) is 27.3.